The molecule has 16 nitrogen and oxygen atoms in total. The van der Waals surface area contributed by atoms with E-state index in [2.05, 4.69) is 8.37 Å². The molecule has 0 saturated carbocycles. The zero-order valence-electron chi connectivity index (χ0n) is 17.2. The molecule has 21 heteroatoms. The van der Waals surface area contributed by atoms with Crippen LogP contribution in [-0.4, -0.2) is 121 Å². The maximum Gasteiger partial charge on any atom is 0.356 e. The molecule has 6 N–H and O–H groups in total. The Morgan fingerprint density at radius 1 is 0.697 bits per heavy atom. The minimum Gasteiger partial charge on any atom is -0.481 e. The number of carboxylic acid groups (broad SMARTS) is 4. The number of aliphatic carboxylic acids is 4. The molecule has 1 radical (unpaired) electrons. The van der Waals surface area contributed by atoms with Crippen molar-refractivity contribution in [1.29, 1.82) is 0 Å². The van der Waals surface area contributed by atoms with E-state index in [1.807, 2.05) is 0 Å². The first-order valence-corrected chi connectivity index (χ1v) is 12.5. The average molecular weight is 572 g/mol. The summed E-state index contributed by atoms with van der Waals surface area (Å²) in [5.74, 6) is -7.25. The second kappa shape index (κ2) is 15.3. The van der Waals surface area contributed by atoms with E-state index < -0.39 is 66.8 Å². The molecule has 0 aromatic carbocycles. The van der Waals surface area contributed by atoms with E-state index in [1.54, 1.807) is 0 Å². The van der Waals surface area contributed by atoms with Crippen LogP contribution in [0.15, 0.2) is 0 Å². The number of hydrogen-bond acceptors (Lipinski definition) is 12. The number of carbonyl (C=O) groups is 4. The van der Waals surface area contributed by atoms with Crippen molar-refractivity contribution < 1.29 is 73.9 Å². The average Bonchev–Trinajstić information content (AvgIpc) is 2.59. The van der Waals surface area contributed by atoms with Gasteiger partial charge in [0.15, 0.2) is 0 Å². The Labute approximate surface area is 218 Å². The van der Waals surface area contributed by atoms with Crippen LogP contribution < -0.4 is 0 Å². The molecule has 0 aliphatic heterocycles. The van der Waals surface area contributed by atoms with Crippen molar-refractivity contribution in [1.82, 2.24) is 0 Å². The topological polar surface area (TPSA) is 276 Å². The van der Waals surface area contributed by atoms with E-state index in [1.165, 1.54) is 13.8 Å². The third kappa shape index (κ3) is 11.1. The first-order chi connectivity index (χ1) is 14.3. The Morgan fingerprint density at radius 2 is 0.939 bits per heavy atom. The van der Waals surface area contributed by atoms with Gasteiger partial charge in [-0.15, -0.1) is 0 Å². The summed E-state index contributed by atoms with van der Waals surface area (Å²) in [7, 11) is -10.4. The van der Waals surface area contributed by atoms with Crippen molar-refractivity contribution in [3.63, 3.8) is 0 Å². The molecule has 2 unspecified atom stereocenters. The number of carboxylic acids is 4. The number of hydrogen-bond donors (Lipinski definition) is 6. The monoisotopic (exact) mass is 571 g/mol. The first-order valence-electron chi connectivity index (χ1n) is 7.80. The van der Waals surface area contributed by atoms with Crippen LogP contribution in [0.3, 0.4) is 0 Å². The van der Waals surface area contributed by atoms with Gasteiger partial charge in [0.2, 0.25) is 0 Å². The van der Waals surface area contributed by atoms with Crippen molar-refractivity contribution in [3.05, 3.63) is 0 Å². The van der Waals surface area contributed by atoms with E-state index in [0.29, 0.717) is 24.1 Å². The SMILES string of the molecule is CCSOC(CC(=O)O)(C(=O)O)S(=O)(=O)O.CCSOC(CC(=O)O)(C(=O)O)S(=O)(=O)O.[Na]. The van der Waals surface area contributed by atoms with Gasteiger partial charge < -0.3 is 20.4 Å². The molecule has 0 saturated heterocycles. The van der Waals surface area contributed by atoms with Crippen LogP contribution in [0.25, 0.3) is 0 Å². The van der Waals surface area contributed by atoms with Gasteiger partial charge in [0.1, 0.15) is 12.8 Å². The van der Waals surface area contributed by atoms with Crippen LogP contribution in [-0.2, 0) is 47.8 Å². The molecule has 0 aromatic rings. The van der Waals surface area contributed by atoms with Gasteiger partial charge in [-0.05, 0) is 24.1 Å². The maximum atomic E-state index is 10.9. The first kappa shape index (κ1) is 36.9. The summed E-state index contributed by atoms with van der Waals surface area (Å²) in [6, 6.07) is 0. The Balaban J connectivity index is -0.000000529. The summed E-state index contributed by atoms with van der Waals surface area (Å²) in [5.41, 5.74) is 0. The fourth-order valence-corrected chi connectivity index (χ4v) is 4.38. The smallest absolute Gasteiger partial charge is 0.356 e. The molecule has 0 heterocycles. The molecule has 0 aliphatic rings. The normalized spacial score (nSPS) is 14.9. The van der Waals surface area contributed by atoms with Crippen LogP contribution in [0.4, 0.5) is 0 Å². The third-order valence-electron chi connectivity index (χ3n) is 2.88. The zero-order valence-corrected chi connectivity index (χ0v) is 22.5. The molecule has 33 heavy (non-hydrogen) atoms. The third-order valence-corrected chi connectivity index (χ3v) is 6.83. The molecule has 2 atom stereocenters. The zero-order chi connectivity index (χ0) is 26.0. The van der Waals surface area contributed by atoms with Gasteiger partial charge in [0.05, 0.1) is 0 Å². The fraction of sp³-hybridized carbons (Fsp3) is 0.667. The molecule has 0 aromatic heterocycles. The maximum absolute atomic E-state index is 10.9. The summed E-state index contributed by atoms with van der Waals surface area (Å²) in [6.07, 6.45) is -2.79. The summed E-state index contributed by atoms with van der Waals surface area (Å²) in [5, 5.41) is 34.3. The van der Waals surface area contributed by atoms with Crippen LogP contribution in [0.2, 0.25) is 0 Å². The molecule has 189 valence electrons. The van der Waals surface area contributed by atoms with E-state index >= 15 is 0 Å². The standard InChI is InChI=1S/2C6H10O8S2.Na/c2*1-2-15-14-6(5(9)10,3-4(7)8)16(11,12)13;/h2*2-3H2,1H3,(H,7,8)(H,9,10)(H,11,12,13);. The fourth-order valence-electron chi connectivity index (χ4n) is 1.48. The predicted octanol–water partition coefficient (Wildman–Crippen LogP) is -0.752. The van der Waals surface area contributed by atoms with Crippen LogP contribution >= 0.6 is 24.1 Å². The second-order valence-corrected chi connectivity index (χ2v) is 10.4. The Morgan fingerprint density at radius 3 is 1.06 bits per heavy atom. The quantitative estimate of drug-likeness (QED) is 0.0849. The molecule has 0 rings (SSSR count). The Hall–Kier alpha value is -0.680. The van der Waals surface area contributed by atoms with Crippen LogP contribution in [0, 0.1) is 0 Å². The van der Waals surface area contributed by atoms with Gasteiger partial charge >= 0.3 is 54.0 Å². The van der Waals surface area contributed by atoms with E-state index in [0.717, 1.165) is 0 Å². The van der Waals surface area contributed by atoms with Crippen molar-refractivity contribution >= 4 is 97.8 Å². The van der Waals surface area contributed by atoms with E-state index in [4.69, 9.17) is 29.5 Å². The van der Waals surface area contributed by atoms with Gasteiger partial charge in [-0.25, -0.2) is 9.59 Å². The minimum atomic E-state index is -5.22. The molecule has 0 amide bonds. The van der Waals surface area contributed by atoms with Gasteiger partial charge in [-0.3, -0.25) is 27.1 Å². The summed E-state index contributed by atoms with van der Waals surface area (Å²) < 4.78 is 70.0. The summed E-state index contributed by atoms with van der Waals surface area (Å²) in [4.78, 5) is 36.0. The van der Waals surface area contributed by atoms with Gasteiger partial charge in [0, 0.05) is 41.1 Å². The van der Waals surface area contributed by atoms with Crippen molar-refractivity contribution in [2.24, 2.45) is 0 Å². The largest absolute Gasteiger partial charge is 0.481 e. The Kier molecular flexibility index (Phi) is 17.1. The van der Waals surface area contributed by atoms with Gasteiger partial charge in [-0.1, -0.05) is 13.8 Å². The molecule has 0 fully saturated rings. The van der Waals surface area contributed by atoms with Crippen molar-refractivity contribution in [2.45, 2.75) is 36.6 Å². The van der Waals surface area contributed by atoms with Gasteiger partial charge in [0.25, 0.3) is 0 Å². The van der Waals surface area contributed by atoms with E-state index in [9.17, 15) is 36.0 Å². The van der Waals surface area contributed by atoms with Crippen LogP contribution in [0.5, 0.6) is 0 Å². The molecular weight excluding hydrogens is 551 g/mol. The van der Waals surface area contributed by atoms with Gasteiger partial charge in [-0.2, -0.15) is 16.8 Å². The molecular formula is C12H20NaO16S4. The van der Waals surface area contributed by atoms with E-state index in [-0.39, 0.29) is 41.1 Å². The van der Waals surface area contributed by atoms with Crippen molar-refractivity contribution in [3.8, 4) is 0 Å². The second-order valence-electron chi connectivity index (χ2n) is 5.19. The molecule has 0 bridgehead atoms. The van der Waals surface area contributed by atoms with Crippen molar-refractivity contribution in [2.75, 3.05) is 11.5 Å². The minimum absolute atomic E-state index is 0. The van der Waals surface area contributed by atoms with Crippen LogP contribution in [0.1, 0.15) is 26.7 Å². The summed E-state index contributed by atoms with van der Waals surface area (Å²) in [6.45, 7) is 3.06. The molecule has 0 aliphatic carbocycles. The Bertz CT molecular complexity index is 828. The summed E-state index contributed by atoms with van der Waals surface area (Å²) >= 11 is 0.858. The molecule has 0 spiro atoms. The predicted molar refractivity (Wildman–Crippen MR) is 113 cm³/mol. The number of rotatable bonds is 14.